The van der Waals surface area contributed by atoms with Gasteiger partial charge in [-0.05, 0) is 57.2 Å². The number of hydrogen-bond donors (Lipinski definition) is 0. The van der Waals surface area contributed by atoms with Gasteiger partial charge in [0.1, 0.15) is 0 Å². The molecule has 6 heteroatoms. The van der Waals surface area contributed by atoms with Gasteiger partial charge in [0.15, 0.2) is 0 Å². The first-order valence-electron chi connectivity index (χ1n) is 10.9. The zero-order valence-corrected chi connectivity index (χ0v) is 20.7. The van der Waals surface area contributed by atoms with Gasteiger partial charge in [-0.15, -0.1) is 0 Å². The Balaban J connectivity index is 2.01. The van der Waals surface area contributed by atoms with Crippen LogP contribution in [0.5, 0.6) is 0 Å². The minimum Gasteiger partial charge on any atom is -0.309 e. The van der Waals surface area contributed by atoms with Gasteiger partial charge in [0.05, 0.1) is 16.3 Å². The van der Waals surface area contributed by atoms with Crippen molar-refractivity contribution in [3.63, 3.8) is 0 Å². The monoisotopic (exact) mass is 518 g/mol. The van der Waals surface area contributed by atoms with Crippen LogP contribution in [0.2, 0.25) is 0 Å². The van der Waals surface area contributed by atoms with E-state index in [1.807, 2.05) is 53.4 Å². The summed E-state index contributed by atoms with van der Waals surface area (Å²) in [5.41, 5.74) is 3.72. The van der Waals surface area contributed by atoms with Crippen molar-refractivity contribution in [2.45, 2.75) is 26.2 Å². The molecule has 0 aromatic heterocycles. The molecule has 172 valence electrons. The average molecular weight is 519 g/mol. The molecule has 0 heterocycles. The van der Waals surface area contributed by atoms with Crippen LogP contribution >= 0.6 is 15.9 Å². The lowest BCUT2D eigenvalue weighted by Crippen LogP contribution is -2.15. The Morgan fingerprint density at radius 1 is 0.824 bits per heavy atom. The molecule has 0 atom stereocenters. The van der Waals surface area contributed by atoms with Crippen LogP contribution in [-0.4, -0.2) is 4.92 Å². The molecule has 0 aliphatic heterocycles. The molecule has 0 fully saturated rings. The first-order chi connectivity index (χ1) is 16.2. The second-order valence-electron chi connectivity index (χ2n) is 9.00. The summed E-state index contributed by atoms with van der Waals surface area (Å²) in [5, 5.41) is 11.4. The highest BCUT2D eigenvalue weighted by molar-refractivity contribution is 9.10. The van der Waals surface area contributed by atoms with Gasteiger partial charge in [-0.2, -0.15) is 4.39 Å². The maximum atomic E-state index is 15.3. The summed E-state index contributed by atoms with van der Waals surface area (Å²) in [5.74, 6) is -0.851. The predicted octanol–water partition coefficient (Wildman–Crippen LogP) is 8.93. The van der Waals surface area contributed by atoms with E-state index in [4.69, 9.17) is 0 Å². The Bertz CT molecular complexity index is 1350. The third-order valence-corrected chi connectivity index (χ3v) is 6.35. The zero-order chi connectivity index (χ0) is 24.5. The minimum atomic E-state index is -0.851. The van der Waals surface area contributed by atoms with Crippen LogP contribution in [0.15, 0.2) is 95.5 Å². The molecule has 0 saturated carbocycles. The number of para-hydroxylation sites is 2. The number of halogens is 2. The Labute approximate surface area is 207 Å². The lowest BCUT2D eigenvalue weighted by molar-refractivity contribution is -0.387. The normalized spacial score (nSPS) is 11.3. The van der Waals surface area contributed by atoms with Crippen molar-refractivity contribution in [1.82, 2.24) is 0 Å². The topological polar surface area (TPSA) is 46.4 Å². The van der Waals surface area contributed by atoms with Crippen LogP contribution in [0, 0.1) is 15.9 Å². The second-order valence-corrected chi connectivity index (χ2v) is 9.85. The first kappa shape index (κ1) is 23.6. The average Bonchev–Trinajstić information content (AvgIpc) is 2.81. The maximum absolute atomic E-state index is 15.3. The highest BCUT2D eigenvalue weighted by atomic mass is 79.9. The van der Waals surface area contributed by atoms with E-state index < -0.39 is 16.4 Å². The van der Waals surface area contributed by atoms with E-state index >= 15 is 4.39 Å². The maximum Gasteiger partial charge on any atom is 0.305 e. The Morgan fingerprint density at radius 2 is 1.47 bits per heavy atom. The van der Waals surface area contributed by atoms with Gasteiger partial charge >= 0.3 is 5.69 Å². The smallest absolute Gasteiger partial charge is 0.305 e. The van der Waals surface area contributed by atoms with Crippen LogP contribution in [0.25, 0.3) is 11.1 Å². The number of hydrogen-bond acceptors (Lipinski definition) is 3. The van der Waals surface area contributed by atoms with Crippen LogP contribution in [-0.2, 0) is 5.41 Å². The molecule has 0 bridgehead atoms. The predicted molar refractivity (Wildman–Crippen MR) is 140 cm³/mol. The highest BCUT2D eigenvalue weighted by Crippen LogP contribution is 2.45. The Kier molecular flexibility index (Phi) is 6.53. The van der Waals surface area contributed by atoms with E-state index in [1.54, 1.807) is 18.2 Å². The van der Waals surface area contributed by atoms with Crippen molar-refractivity contribution in [2.75, 3.05) is 4.90 Å². The molecule has 4 aromatic rings. The summed E-state index contributed by atoms with van der Waals surface area (Å²) in [6.45, 7) is 6.46. The highest BCUT2D eigenvalue weighted by Gasteiger charge is 2.25. The van der Waals surface area contributed by atoms with Crippen LogP contribution in [0.4, 0.5) is 27.1 Å². The third-order valence-electron chi connectivity index (χ3n) is 5.68. The van der Waals surface area contributed by atoms with Crippen molar-refractivity contribution < 1.29 is 9.31 Å². The van der Waals surface area contributed by atoms with Gasteiger partial charge in [-0.25, -0.2) is 0 Å². The summed E-state index contributed by atoms with van der Waals surface area (Å²) >= 11 is 3.71. The molecule has 0 unspecified atom stereocenters. The SMILES string of the molecule is CC(C)(C)c1ccc(Br)c(N(c2ccccc2)c2ccccc2-c2cccc([N+](=O)[O-])c2F)c1. The molecule has 4 rings (SSSR count). The van der Waals surface area contributed by atoms with Crippen LogP contribution in [0.1, 0.15) is 26.3 Å². The number of nitro benzene ring substituents is 1. The minimum absolute atomic E-state index is 0.0799. The fourth-order valence-corrected chi connectivity index (χ4v) is 4.32. The van der Waals surface area contributed by atoms with E-state index in [9.17, 15) is 10.1 Å². The summed E-state index contributed by atoms with van der Waals surface area (Å²) in [6.07, 6.45) is 0. The molecule has 4 aromatic carbocycles. The van der Waals surface area contributed by atoms with Crippen molar-refractivity contribution in [2.24, 2.45) is 0 Å². The Morgan fingerprint density at radius 3 is 2.15 bits per heavy atom. The summed E-state index contributed by atoms with van der Waals surface area (Å²) in [6, 6.07) is 27.7. The number of rotatable bonds is 5. The van der Waals surface area contributed by atoms with Gasteiger partial charge in [-0.1, -0.05) is 75.4 Å². The summed E-state index contributed by atoms with van der Waals surface area (Å²) < 4.78 is 16.2. The molecule has 0 aliphatic rings. The third kappa shape index (κ3) is 4.59. The van der Waals surface area contributed by atoms with Gasteiger partial charge in [0, 0.05) is 27.4 Å². The van der Waals surface area contributed by atoms with Gasteiger partial charge in [-0.3, -0.25) is 10.1 Å². The molecule has 0 spiro atoms. The van der Waals surface area contributed by atoms with E-state index in [2.05, 4.69) is 48.8 Å². The van der Waals surface area contributed by atoms with Crippen molar-refractivity contribution in [3.8, 4) is 11.1 Å². The molecule has 0 saturated heterocycles. The van der Waals surface area contributed by atoms with Crippen LogP contribution < -0.4 is 4.90 Å². The zero-order valence-electron chi connectivity index (χ0n) is 19.1. The van der Waals surface area contributed by atoms with E-state index in [1.165, 1.54) is 12.1 Å². The summed E-state index contributed by atoms with van der Waals surface area (Å²) in [7, 11) is 0. The lowest BCUT2D eigenvalue weighted by atomic mass is 9.86. The number of anilines is 3. The molecule has 0 aliphatic carbocycles. The molecular formula is C28H24BrFN2O2. The molecular weight excluding hydrogens is 495 g/mol. The Hall–Kier alpha value is -3.51. The van der Waals surface area contributed by atoms with E-state index in [0.717, 1.165) is 21.4 Å². The van der Waals surface area contributed by atoms with Gasteiger partial charge < -0.3 is 4.90 Å². The van der Waals surface area contributed by atoms with E-state index in [0.29, 0.717) is 11.3 Å². The molecule has 4 nitrogen and oxygen atoms in total. The fourth-order valence-electron chi connectivity index (χ4n) is 3.90. The summed E-state index contributed by atoms with van der Waals surface area (Å²) in [4.78, 5) is 12.7. The second kappa shape index (κ2) is 9.39. The first-order valence-corrected chi connectivity index (χ1v) is 11.7. The number of nitro groups is 1. The lowest BCUT2D eigenvalue weighted by Gasteiger charge is -2.30. The molecule has 0 N–H and O–H groups in total. The van der Waals surface area contributed by atoms with Gasteiger partial charge in [0.25, 0.3) is 0 Å². The van der Waals surface area contributed by atoms with Crippen molar-refractivity contribution in [3.05, 3.63) is 117 Å². The van der Waals surface area contributed by atoms with Crippen LogP contribution in [0.3, 0.4) is 0 Å². The standard InChI is InChI=1S/C28H24BrFN2O2/c1-28(2,3)19-16-17-23(29)26(18-19)31(20-10-5-4-6-11-20)24-14-8-7-12-21(24)22-13-9-15-25(27(22)30)32(33)34/h4-18H,1-3H3. The van der Waals surface area contributed by atoms with Gasteiger partial charge in [0.2, 0.25) is 5.82 Å². The quantitative estimate of drug-likeness (QED) is 0.195. The van der Waals surface area contributed by atoms with Crippen molar-refractivity contribution >= 4 is 38.7 Å². The fraction of sp³-hybridized carbons (Fsp3) is 0.143. The van der Waals surface area contributed by atoms with Crippen molar-refractivity contribution in [1.29, 1.82) is 0 Å². The molecule has 0 radical (unpaired) electrons. The van der Waals surface area contributed by atoms with E-state index in [-0.39, 0.29) is 11.0 Å². The number of nitrogens with zero attached hydrogens (tertiary/aromatic N) is 2. The molecule has 0 amide bonds. The number of benzene rings is 4. The largest absolute Gasteiger partial charge is 0.309 e. The molecule has 34 heavy (non-hydrogen) atoms.